The van der Waals surface area contributed by atoms with Crippen molar-refractivity contribution in [2.24, 2.45) is 0 Å². The van der Waals surface area contributed by atoms with Gasteiger partial charge < -0.3 is 14.4 Å². The van der Waals surface area contributed by atoms with E-state index >= 15 is 0 Å². The summed E-state index contributed by atoms with van der Waals surface area (Å²) in [5.74, 6) is 0. The molecule has 0 spiro atoms. The van der Waals surface area contributed by atoms with Crippen LogP contribution in [0.2, 0.25) is 0 Å². The van der Waals surface area contributed by atoms with Crippen LogP contribution in [0.3, 0.4) is 0 Å². The van der Waals surface area contributed by atoms with Crippen molar-refractivity contribution in [3.8, 4) is 27.9 Å². The van der Waals surface area contributed by atoms with Crippen LogP contribution in [0.25, 0.3) is 49.7 Å². The van der Waals surface area contributed by atoms with Crippen LogP contribution in [0.5, 0.6) is 0 Å². The molecule has 0 unspecified atom stereocenters. The van der Waals surface area contributed by atoms with Crippen LogP contribution in [0.15, 0.2) is 273 Å². The summed E-state index contributed by atoms with van der Waals surface area (Å²) in [5.41, 5.74) is 22.4. The highest BCUT2D eigenvalue weighted by Gasteiger charge is 2.46. The lowest BCUT2D eigenvalue weighted by Crippen LogP contribution is -2.28. The molecule has 73 heavy (non-hydrogen) atoms. The first-order chi connectivity index (χ1) is 36.0. The van der Waals surface area contributed by atoms with Gasteiger partial charge in [0.25, 0.3) is 0 Å². The maximum absolute atomic E-state index is 2.46. The number of benzene rings is 11. The van der Waals surface area contributed by atoms with E-state index in [1.165, 1.54) is 77.4 Å². The molecular weight excluding hydrogens is 883 g/mol. The molecule has 0 amide bonds. The zero-order chi connectivity index (χ0) is 48.7. The number of fused-ring (bicyclic) bond motifs is 9. The van der Waals surface area contributed by atoms with Gasteiger partial charge in [-0.1, -0.05) is 190 Å². The molecular formula is C70H51N3. The van der Waals surface area contributed by atoms with Gasteiger partial charge in [0.2, 0.25) is 0 Å². The molecule has 0 radical (unpaired) electrons. The molecule has 0 saturated carbocycles. The maximum atomic E-state index is 2.46. The van der Waals surface area contributed by atoms with E-state index in [1.807, 2.05) is 0 Å². The van der Waals surface area contributed by atoms with Gasteiger partial charge in [0.05, 0.1) is 16.4 Å². The fraction of sp³-hybridized carbons (Fsp3) is 0.0571. The third kappa shape index (κ3) is 6.52. The molecule has 0 N–H and O–H groups in total. The highest BCUT2D eigenvalue weighted by molar-refractivity contribution is 6.10. The Hall–Kier alpha value is -9.18. The number of hydrogen-bond acceptors (Lipinski definition) is 2. The minimum absolute atomic E-state index is 0.104. The van der Waals surface area contributed by atoms with Crippen molar-refractivity contribution in [2.75, 3.05) is 9.80 Å². The Morgan fingerprint density at radius 3 is 1.33 bits per heavy atom. The molecule has 0 bridgehead atoms. The van der Waals surface area contributed by atoms with Crippen LogP contribution in [-0.4, -0.2) is 4.57 Å². The van der Waals surface area contributed by atoms with E-state index in [4.69, 9.17) is 0 Å². The third-order valence-electron chi connectivity index (χ3n) is 15.8. The third-order valence-corrected chi connectivity index (χ3v) is 15.8. The molecule has 0 fully saturated rings. The summed E-state index contributed by atoms with van der Waals surface area (Å²) < 4.78 is 2.38. The van der Waals surface area contributed by atoms with Crippen LogP contribution < -0.4 is 9.80 Å². The summed E-state index contributed by atoms with van der Waals surface area (Å²) >= 11 is 0. The van der Waals surface area contributed by atoms with Crippen molar-refractivity contribution in [1.29, 1.82) is 0 Å². The van der Waals surface area contributed by atoms with E-state index < -0.39 is 5.41 Å². The smallest absolute Gasteiger partial charge is 0.0713 e. The first-order valence-corrected chi connectivity index (χ1v) is 25.4. The lowest BCUT2D eigenvalue weighted by Gasteiger charge is -2.34. The van der Waals surface area contributed by atoms with Crippen LogP contribution in [0.4, 0.5) is 34.1 Å². The number of para-hydroxylation sites is 3. The summed E-state index contributed by atoms with van der Waals surface area (Å²) in [7, 11) is 0. The molecule has 0 aliphatic heterocycles. The minimum Gasteiger partial charge on any atom is -0.310 e. The summed E-state index contributed by atoms with van der Waals surface area (Å²) in [6.45, 7) is 4.71. The van der Waals surface area contributed by atoms with E-state index in [1.54, 1.807) is 0 Å². The van der Waals surface area contributed by atoms with Crippen molar-refractivity contribution in [2.45, 2.75) is 24.7 Å². The van der Waals surface area contributed by atoms with Gasteiger partial charge in [0.15, 0.2) is 0 Å². The molecule has 11 aromatic carbocycles. The van der Waals surface area contributed by atoms with E-state index in [9.17, 15) is 0 Å². The zero-order valence-electron chi connectivity index (χ0n) is 40.8. The first kappa shape index (κ1) is 42.7. The predicted octanol–water partition coefficient (Wildman–Crippen LogP) is 18.4. The predicted molar refractivity (Wildman–Crippen MR) is 305 cm³/mol. The molecule has 0 saturated heterocycles. The van der Waals surface area contributed by atoms with Gasteiger partial charge in [0, 0.05) is 56.0 Å². The van der Waals surface area contributed by atoms with Crippen molar-refractivity contribution >= 4 is 55.9 Å². The largest absolute Gasteiger partial charge is 0.310 e. The van der Waals surface area contributed by atoms with E-state index in [-0.39, 0.29) is 5.41 Å². The molecule has 3 nitrogen and oxygen atoms in total. The number of nitrogens with zero attached hydrogens (tertiary/aromatic N) is 3. The Morgan fingerprint density at radius 1 is 0.288 bits per heavy atom. The van der Waals surface area contributed by atoms with Gasteiger partial charge in [-0.05, 0) is 153 Å². The summed E-state index contributed by atoms with van der Waals surface area (Å²) in [5, 5.41) is 2.44. The number of anilines is 6. The lowest BCUT2D eigenvalue weighted by molar-refractivity contribution is 0.660. The molecule has 1 heterocycles. The van der Waals surface area contributed by atoms with Crippen molar-refractivity contribution in [1.82, 2.24) is 4.57 Å². The van der Waals surface area contributed by atoms with Crippen molar-refractivity contribution < 1.29 is 0 Å². The van der Waals surface area contributed by atoms with Crippen LogP contribution in [0.1, 0.15) is 47.2 Å². The highest BCUT2D eigenvalue weighted by Crippen LogP contribution is 2.58. The van der Waals surface area contributed by atoms with Crippen LogP contribution in [-0.2, 0) is 10.8 Å². The second-order valence-corrected chi connectivity index (χ2v) is 20.1. The number of rotatable bonds is 9. The van der Waals surface area contributed by atoms with Crippen molar-refractivity contribution in [3.63, 3.8) is 0 Å². The van der Waals surface area contributed by atoms with Crippen molar-refractivity contribution in [3.05, 3.63) is 306 Å². The lowest BCUT2D eigenvalue weighted by atomic mass is 9.68. The Balaban J connectivity index is 0.946. The molecule has 346 valence electrons. The highest BCUT2D eigenvalue weighted by atomic mass is 15.2. The summed E-state index contributed by atoms with van der Waals surface area (Å²) in [6.07, 6.45) is 0. The second-order valence-electron chi connectivity index (χ2n) is 20.1. The quantitative estimate of drug-likeness (QED) is 0.143. The Bertz CT molecular complexity index is 4000. The average molecular weight is 934 g/mol. The Kier molecular flexibility index (Phi) is 9.78. The molecule has 0 atom stereocenters. The second kappa shape index (κ2) is 16.7. The first-order valence-electron chi connectivity index (χ1n) is 25.4. The number of hydrogen-bond donors (Lipinski definition) is 0. The SMILES string of the molecule is CC1(C)c2ccccc2-c2cc(N(c3ccc(N(c4ccccc4)c4ccc5c(c4)c4ccccc4n5-c4ccccc4)cc3)c3ccc4c(c3)-c3ccccc3C4(c3ccccc3)c3ccccc3)ccc21. The van der Waals surface area contributed by atoms with Gasteiger partial charge in [-0.3, -0.25) is 0 Å². The molecule has 2 aliphatic carbocycles. The maximum Gasteiger partial charge on any atom is 0.0713 e. The minimum atomic E-state index is -0.483. The van der Waals surface area contributed by atoms with E-state index in [0.717, 1.165) is 39.8 Å². The van der Waals surface area contributed by atoms with E-state index in [0.29, 0.717) is 0 Å². The molecule has 1 aromatic heterocycles. The normalized spacial score (nSPS) is 13.6. The Labute approximate surface area is 427 Å². The zero-order valence-corrected chi connectivity index (χ0v) is 40.8. The molecule has 2 aliphatic rings. The monoisotopic (exact) mass is 933 g/mol. The fourth-order valence-electron chi connectivity index (χ4n) is 12.6. The molecule has 12 aromatic rings. The van der Waals surface area contributed by atoms with Crippen LogP contribution in [0, 0.1) is 0 Å². The topological polar surface area (TPSA) is 11.4 Å². The summed E-state index contributed by atoms with van der Waals surface area (Å²) in [4.78, 5) is 4.85. The summed E-state index contributed by atoms with van der Waals surface area (Å²) in [6, 6.07) is 101. The van der Waals surface area contributed by atoms with Gasteiger partial charge in [-0.15, -0.1) is 0 Å². The standard InChI is InChI=1S/C70H51N3/c1-69(2)63-32-18-15-29-57(63)60-45-54(39-42-64(60)69)72(55-40-43-66-61(46-55)58-30-16-19-33-65(58)70(66,48-21-7-3-8-22-48)49-23-9-4-10-24-49)53-37-35-52(36-38-53)71(50-25-11-5-12-26-50)56-41-44-68-62(47-56)59-31-17-20-34-67(59)73(68)51-27-13-6-14-28-51/h3-47H,1-2H3. The Morgan fingerprint density at radius 2 is 0.685 bits per heavy atom. The molecule has 3 heteroatoms. The van der Waals surface area contributed by atoms with Gasteiger partial charge in [-0.25, -0.2) is 0 Å². The number of aromatic nitrogens is 1. The van der Waals surface area contributed by atoms with Gasteiger partial charge in [-0.2, -0.15) is 0 Å². The fourth-order valence-corrected chi connectivity index (χ4v) is 12.6. The average Bonchev–Trinajstić information content (AvgIpc) is 4.04. The van der Waals surface area contributed by atoms with E-state index in [2.05, 4.69) is 301 Å². The van der Waals surface area contributed by atoms with Crippen LogP contribution >= 0.6 is 0 Å². The van der Waals surface area contributed by atoms with Gasteiger partial charge >= 0.3 is 0 Å². The molecule has 14 rings (SSSR count). The van der Waals surface area contributed by atoms with Gasteiger partial charge in [0.1, 0.15) is 0 Å².